The number of amides is 2. The number of hydrogen-bond acceptors (Lipinski definition) is 2. The molecule has 0 bridgehead atoms. The van der Waals surface area contributed by atoms with E-state index in [1.54, 1.807) is 12.1 Å². The van der Waals surface area contributed by atoms with Gasteiger partial charge in [0.05, 0.1) is 6.42 Å². The third kappa shape index (κ3) is 6.43. The monoisotopic (exact) mass is 298 g/mol. The second-order valence-corrected chi connectivity index (χ2v) is 4.92. The molecule has 2 amide bonds. The van der Waals surface area contributed by atoms with Gasteiger partial charge in [0.15, 0.2) is 0 Å². The molecule has 0 heterocycles. The standard InChI is InChI=1S/C14H19ClN2O3/c1-2-12(9-13(18)19)17-14(20)16-8-7-10-3-5-11(15)6-4-10/h3-6,12H,2,7-9H2,1H3,(H,18,19)(H2,16,17,20). The third-order valence-corrected chi connectivity index (χ3v) is 3.11. The smallest absolute Gasteiger partial charge is 0.315 e. The Kier molecular flexibility index (Phi) is 6.87. The molecule has 1 aromatic carbocycles. The number of carbonyl (C=O) groups is 2. The molecule has 5 nitrogen and oxygen atoms in total. The van der Waals surface area contributed by atoms with Crippen LogP contribution < -0.4 is 10.6 Å². The molecule has 0 radical (unpaired) electrons. The Balaban J connectivity index is 2.28. The maximum absolute atomic E-state index is 11.6. The summed E-state index contributed by atoms with van der Waals surface area (Å²) in [5.74, 6) is -0.918. The van der Waals surface area contributed by atoms with Crippen LogP contribution in [-0.2, 0) is 11.2 Å². The molecule has 1 aromatic rings. The Hall–Kier alpha value is -1.75. The number of carboxylic acid groups (broad SMARTS) is 1. The second kappa shape index (κ2) is 8.43. The fraction of sp³-hybridized carbons (Fsp3) is 0.429. The van der Waals surface area contributed by atoms with Gasteiger partial charge in [-0.25, -0.2) is 4.79 Å². The van der Waals surface area contributed by atoms with Gasteiger partial charge in [-0.2, -0.15) is 0 Å². The number of aliphatic carboxylic acids is 1. The van der Waals surface area contributed by atoms with Gasteiger partial charge in [-0.3, -0.25) is 4.79 Å². The average Bonchev–Trinajstić information content (AvgIpc) is 2.39. The van der Waals surface area contributed by atoms with Gasteiger partial charge in [0.2, 0.25) is 0 Å². The Bertz CT molecular complexity index is 448. The van der Waals surface area contributed by atoms with E-state index in [1.165, 1.54) is 0 Å². The minimum Gasteiger partial charge on any atom is -0.481 e. The number of carboxylic acids is 1. The number of nitrogens with one attached hydrogen (secondary N) is 2. The maximum atomic E-state index is 11.6. The summed E-state index contributed by atoms with van der Waals surface area (Å²) in [4.78, 5) is 22.2. The van der Waals surface area contributed by atoms with Gasteiger partial charge in [-0.1, -0.05) is 30.7 Å². The summed E-state index contributed by atoms with van der Waals surface area (Å²) in [7, 11) is 0. The molecule has 0 aromatic heterocycles. The van der Waals surface area contributed by atoms with E-state index in [4.69, 9.17) is 16.7 Å². The normalized spacial score (nSPS) is 11.7. The van der Waals surface area contributed by atoms with Crippen molar-refractivity contribution < 1.29 is 14.7 Å². The molecule has 6 heteroatoms. The van der Waals surface area contributed by atoms with Crippen LogP contribution in [0.2, 0.25) is 5.02 Å². The van der Waals surface area contributed by atoms with E-state index in [0.717, 1.165) is 5.56 Å². The first-order valence-corrected chi connectivity index (χ1v) is 6.89. The van der Waals surface area contributed by atoms with E-state index in [-0.39, 0.29) is 18.5 Å². The van der Waals surface area contributed by atoms with Gasteiger partial charge in [-0.05, 0) is 30.5 Å². The summed E-state index contributed by atoms with van der Waals surface area (Å²) in [5.41, 5.74) is 1.08. The zero-order valence-electron chi connectivity index (χ0n) is 11.4. The van der Waals surface area contributed by atoms with E-state index >= 15 is 0 Å². The van der Waals surface area contributed by atoms with Crippen molar-refractivity contribution in [3.8, 4) is 0 Å². The summed E-state index contributed by atoms with van der Waals surface area (Å²) >= 11 is 5.78. The third-order valence-electron chi connectivity index (χ3n) is 2.86. The van der Waals surface area contributed by atoms with Crippen molar-refractivity contribution in [3.63, 3.8) is 0 Å². The molecule has 1 atom stereocenters. The number of carbonyl (C=O) groups excluding carboxylic acids is 1. The quantitative estimate of drug-likeness (QED) is 0.723. The Morgan fingerprint density at radius 1 is 1.30 bits per heavy atom. The van der Waals surface area contributed by atoms with Crippen molar-refractivity contribution in [2.24, 2.45) is 0 Å². The van der Waals surface area contributed by atoms with Crippen molar-refractivity contribution in [1.82, 2.24) is 10.6 Å². The Labute approximate surface area is 123 Å². The topological polar surface area (TPSA) is 78.4 Å². The van der Waals surface area contributed by atoms with Gasteiger partial charge in [-0.15, -0.1) is 0 Å². The van der Waals surface area contributed by atoms with E-state index in [1.807, 2.05) is 19.1 Å². The fourth-order valence-electron chi connectivity index (χ4n) is 1.72. The van der Waals surface area contributed by atoms with Gasteiger partial charge >= 0.3 is 12.0 Å². The second-order valence-electron chi connectivity index (χ2n) is 4.48. The first-order chi connectivity index (χ1) is 9.51. The molecule has 0 aliphatic heterocycles. The van der Waals surface area contributed by atoms with Gasteiger partial charge in [0.1, 0.15) is 0 Å². The highest BCUT2D eigenvalue weighted by atomic mass is 35.5. The van der Waals surface area contributed by atoms with Crippen LogP contribution >= 0.6 is 11.6 Å². The molecule has 0 aliphatic carbocycles. The number of rotatable bonds is 7. The van der Waals surface area contributed by atoms with Gasteiger partial charge in [0.25, 0.3) is 0 Å². The average molecular weight is 299 g/mol. The summed E-state index contributed by atoms with van der Waals surface area (Å²) in [6.45, 7) is 2.32. The van der Waals surface area contributed by atoms with Crippen LogP contribution in [0.15, 0.2) is 24.3 Å². The highest BCUT2D eigenvalue weighted by molar-refractivity contribution is 6.30. The van der Waals surface area contributed by atoms with Crippen LogP contribution in [0.4, 0.5) is 4.79 Å². The minimum atomic E-state index is -0.918. The predicted molar refractivity (Wildman–Crippen MR) is 78.0 cm³/mol. The van der Waals surface area contributed by atoms with E-state index < -0.39 is 5.97 Å². The SMILES string of the molecule is CCC(CC(=O)O)NC(=O)NCCc1ccc(Cl)cc1. The highest BCUT2D eigenvalue weighted by Crippen LogP contribution is 2.09. The summed E-state index contributed by atoms with van der Waals surface area (Å²) in [6.07, 6.45) is 1.21. The summed E-state index contributed by atoms with van der Waals surface area (Å²) < 4.78 is 0. The van der Waals surface area contributed by atoms with Gasteiger partial charge in [0, 0.05) is 17.6 Å². The summed E-state index contributed by atoms with van der Waals surface area (Å²) in [5, 5.41) is 14.7. The van der Waals surface area contributed by atoms with E-state index in [2.05, 4.69) is 10.6 Å². The van der Waals surface area contributed by atoms with Crippen molar-refractivity contribution >= 4 is 23.6 Å². The Morgan fingerprint density at radius 2 is 1.95 bits per heavy atom. The summed E-state index contributed by atoms with van der Waals surface area (Å²) in [6, 6.07) is 6.73. The first-order valence-electron chi connectivity index (χ1n) is 6.52. The molecule has 110 valence electrons. The van der Waals surface area contributed by atoms with Crippen LogP contribution in [0.3, 0.4) is 0 Å². The lowest BCUT2D eigenvalue weighted by molar-refractivity contribution is -0.137. The van der Waals surface area contributed by atoms with Crippen molar-refractivity contribution in [2.75, 3.05) is 6.54 Å². The molecule has 3 N–H and O–H groups in total. The molecule has 0 aliphatic rings. The van der Waals surface area contributed by atoms with Crippen LogP contribution in [0.1, 0.15) is 25.3 Å². The van der Waals surface area contributed by atoms with Crippen molar-refractivity contribution in [3.05, 3.63) is 34.9 Å². The molecule has 20 heavy (non-hydrogen) atoms. The molecule has 0 saturated carbocycles. The minimum absolute atomic E-state index is 0.0683. The molecule has 1 unspecified atom stereocenters. The zero-order chi connectivity index (χ0) is 15.0. The number of halogens is 1. The molecule has 1 rings (SSSR count). The van der Waals surface area contributed by atoms with Crippen molar-refractivity contribution in [1.29, 1.82) is 0 Å². The largest absolute Gasteiger partial charge is 0.481 e. The number of benzene rings is 1. The van der Waals surface area contributed by atoms with Crippen LogP contribution in [0.5, 0.6) is 0 Å². The molecule has 0 saturated heterocycles. The van der Waals surface area contributed by atoms with Crippen LogP contribution in [-0.4, -0.2) is 29.7 Å². The molecule has 0 fully saturated rings. The van der Waals surface area contributed by atoms with Crippen molar-refractivity contribution in [2.45, 2.75) is 32.2 Å². The number of urea groups is 1. The van der Waals surface area contributed by atoms with E-state index in [0.29, 0.717) is 24.4 Å². The molecular formula is C14H19ClN2O3. The van der Waals surface area contributed by atoms with Crippen LogP contribution in [0, 0.1) is 0 Å². The first kappa shape index (κ1) is 16.3. The highest BCUT2D eigenvalue weighted by Gasteiger charge is 2.13. The molecular weight excluding hydrogens is 280 g/mol. The lowest BCUT2D eigenvalue weighted by atomic mass is 10.1. The van der Waals surface area contributed by atoms with Crippen LogP contribution in [0.25, 0.3) is 0 Å². The van der Waals surface area contributed by atoms with E-state index in [9.17, 15) is 9.59 Å². The fourth-order valence-corrected chi connectivity index (χ4v) is 1.84. The Morgan fingerprint density at radius 3 is 2.50 bits per heavy atom. The molecule has 0 spiro atoms. The maximum Gasteiger partial charge on any atom is 0.315 e. The lowest BCUT2D eigenvalue weighted by Crippen LogP contribution is -2.43. The number of hydrogen-bond donors (Lipinski definition) is 3. The van der Waals surface area contributed by atoms with Gasteiger partial charge < -0.3 is 15.7 Å². The predicted octanol–water partition coefficient (Wildman–Crippen LogP) is 2.44. The zero-order valence-corrected chi connectivity index (χ0v) is 12.1. The lowest BCUT2D eigenvalue weighted by Gasteiger charge is -2.15.